The van der Waals surface area contributed by atoms with Crippen LogP contribution >= 0.6 is 11.3 Å². The number of alkyl halides is 3. The molecule has 2 saturated heterocycles. The van der Waals surface area contributed by atoms with E-state index in [0.29, 0.717) is 61.7 Å². The van der Waals surface area contributed by atoms with Crippen LogP contribution < -0.4 is 10.2 Å². The molecular weight excluding hydrogens is 683 g/mol. The van der Waals surface area contributed by atoms with Gasteiger partial charge in [0, 0.05) is 67.8 Å². The normalized spacial score (nSPS) is 18.9. The third-order valence-corrected chi connectivity index (χ3v) is 10.2. The topological polar surface area (TPSA) is 120 Å². The molecule has 1 N–H and O–H groups in total. The van der Waals surface area contributed by atoms with E-state index in [0.717, 1.165) is 24.0 Å². The molecule has 0 unspecified atom stereocenters. The van der Waals surface area contributed by atoms with Crippen LogP contribution in [0.2, 0.25) is 0 Å². The van der Waals surface area contributed by atoms with Crippen LogP contribution in [-0.2, 0) is 22.7 Å². The number of halogens is 5. The second-order valence-electron chi connectivity index (χ2n) is 13.6. The van der Waals surface area contributed by atoms with Crippen molar-refractivity contribution in [1.82, 2.24) is 24.8 Å². The SMILES string of the molecule is CC(C)(C)OC(=O)Nc1sc2c(F)cnc(-c3c4c(c5cnc(N6CC[C@@H](N7CCN(CC(F)(F)F)CC7)C6)nc5c3F)COC4)c2c1C#N. The molecule has 3 aliphatic rings. The van der Waals surface area contributed by atoms with Crippen LogP contribution in [0.25, 0.3) is 32.2 Å². The van der Waals surface area contributed by atoms with Crippen molar-refractivity contribution in [2.45, 2.75) is 58.2 Å². The number of amides is 1. The van der Waals surface area contributed by atoms with Gasteiger partial charge in [-0.05, 0) is 38.3 Å². The first-order valence-electron chi connectivity index (χ1n) is 16.1. The number of thiophene rings is 1. The summed E-state index contributed by atoms with van der Waals surface area (Å²) < 4.78 is 81.8. The number of benzene rings is 1. The summed E-state index contributed by atoms with van der Waals surface area (Å²) >= 11 is 0.822. The van der Waals surface area contributed by atoms with Crippen molar-refractivity contribution < 1.29 is 36.2 Å². The van der Waals surface area contributed by atoms with Gasteiger partial charge in [-0.1, -0.05) is 0 Å². The number of aromatic nitrogens is 3. The number of carbonyl (C=O) groups excluding carboxylic acids is 1. The minimum Gasteiger partial charge on any atom is -0.444 e. The lowest BCUT2D eigenvalue weighted by molar-refractivity contribution is -0.149. The molecule has 0 bridgehead atoms. The van der Waals surface area contributed by atoms with Gasteiger partial charge in [0.2, 0.25) is 5.95 Å². The van der Waals surface area contributed by atoms with E-state index in [2.05, 4.69) is 25.2 Å². The number of fused-ring (bicyclic) bond motifs is 4. The second kappa shape index (κ2) is 12.8. The zero-order valence-corrected chi connectivity index (χ0v) is 28.3. The van der Waals surface area contributed by atoms with E-state index in [1.165, 1.54) is 4.90 Å². The monoisotopic (exact) mass is 716 g/mol. The third-order valence-electron chi connectivity index (χ3n) is 9.09. The zero-order valence-electron chi connectivity index (χ0n) is 27.5. The summed E-state index contributed by atoms with van der Waals surface area (Å²) in [7, 11) is 0. The number of nitrogens with one attached hydrogen (secondary N) is 1. The Kier molecular flexibility index (Phi) is 8.78. The predicted octanol–water partition coefficient (Wildman–Crippen LogP) is 6.19. The van der Waals surface area contributed by atoms with Gasteiger partial charge in [-0.25, -0.2) is 23.5 Å². The third kappa shape index (κ3) is 6.52. The van der Waals surface area contributed by atoms with Crippen molar-refractivity contribution in [3.05, 3.63) is 40.7 Å². The molecule has 0 aliphatic carbocycles. The molecule has 4 aromatic rings. The van der Waals surface area contributed by atoms with E-state index < -0.39 is 36.0 Å². The van der Waals surface area contributed by atoms with Crippen LogP contribution in [-0.4, -0.2) is 94.5 Å². The molecule has 1 atom stereocenters. The molecule has 1 amide bonds. The van der Waals surface area contributed by atoms with Crippen LogP contribution in [0.15, 0.2) is 12.4 Å². The molecule has 6 heterocycles. The summed E-state index contributed by atoms with van der Waals surface area (Å²) in [6, 6.07) is 2.11. The molecule has 17 heteroatoms. The molecule has 0 radical (unpaired) electrons. The summed E-state index contributed by atoms with van der Waals surface area (Å²) in [5.41, 5.74) is 0.266. The molecule has 11 nitrogen and oxygen atoms in total. The molecule has 0 saturated carbocycles. The lowest BCUT2D eigenvalue weighted by Gasteiger charge is -2.38. The van der Waals surface area contributed by atoms with Gasteiger partial charge in [-0.3, -0.25) is 20.1 Å². The molecule has 3 aliphatic heterocycles. The molecular formula is C33H33F5N8O3S. The first-order valence-corrected chi connectivity index (χ1v) is 16.9. The molecule has 1 aromatic carbocycles. The first kappa shape index (κ1) is 34.2. The van der Waals surface area contributed by atoms with Gasteiger partial charge in [0.25, 0.3) is 0 Å². The average molecular weight is 717 g/mol. The van der Waals surface area contributed by atoms with E-state index in [-0.39, 0.29) is 56.7 Å². The maximum absolute atomic E-state index is 16.9. The van der Waals surface area contributed by atoms with Crippen molar-refractivity contribution in [3.63, 3.8) is 0 Å². The Morgan fingerprint density at radius 1 is 1.10 bits per heavy atom. The van der Waals surface area contributed by atoms with Crippen LogP contribution in [0.4, 0.5) is 37.7 Å². The lowest BCUT2D eigenvalue weighted by Crippen LogP contribution is -2.52. The maximum atomic E-state index is 16.9. The van der Waals surface area contributed by atoms with Crippen molar-refractivity contribution in [2.24, 2.45) is 0 Å². The average Bonchev–Trinajstić information content (AvgIpc) is 3.80. The van der Waals surface area contributed by atoms with Gasteiger partial charge in [0.1, 0.15) is 22.2 Å². The van der Waals surface area contributed by atoms with E-state index in [9.17, 15) is 23.2 Å². The second-order valence-corrected chi connectivity index (χ2v) is 14.6. The van der Waals surface area contributed by atoms with Crippen molar-refractivity contribution in [2.75, 3.05) is 56.0 Å². The summed E-state index contributed by atoms with van der Waals surface area (Å²) in [5, 5.41) is 13.3. The number of ether oxygens (including phenoxy) is 2. The highest BCUT2D eigenvalue weighted by atomic mass is 32.1. The molecule has 0 spiro atoms. The lowest BCUT2D eigenvalue weighted by atomic mass is 9.94. The molecule has 264 valence electrons. The Bertz CT molecular complexity index is 2030. The highest BCUT2D eigenvalue weighted by molar-refractivity contribution is 7.23. The summed E-state index contributed by atoms with van der Waals surface area (Å²) in [4.78, 5) is 31.6. The Morgan fingerprint density at radius 3 is 2.54 bits per heavy atom. The number of nitriles is 1. The minimum absolute atomic E-state index is 0.00972. The highest BCUT2D eigenvalue weighted by Gasteiger charge is 2.36. The number of rotatable bonds is 5. The summed E-state index contributed by atoms with van der Waals surface area (Å²) in [6.45, 7) is 7.09. The van der Waals surface area contributed by atoms with Crippen molar-refractivity contribution in [3.8, 4) is 17.3 Å². The van der Waals surface area contributed by atoms with E-state index in [1.54, 1.807) is 27.0 Å². The quantitative estimate of drug-likeness (QED) is 0.240. The van der Waals surface area contributed by atoms with Crippen LogP contribution in [0.1, 0.15) is 43.9 Å². The summed E-state index contributed by atoms with van der Waals surface area (Å²) in [6.07, 6.45) is -1.80. The molecule has 3 aromatic heterocycles. The van der Waals surface area contributed by atoms with Crippen molar-refractivity contribution >= 4 is 49.4 Å². The zero-order chi connectivity index (χ0) is 35.5. The number of carbonyl (C=O) groups is 1. The Morgan fingerprint density at radius 2 is 1.84 bits per heavy atom. The van der Waals surface area contributed by atoms with Crippen LogP contribution in [0.5, 0.6) is 0 Å². The number of piperazine rings is 1. The fraction of sp³-hybridized carbons (Fsp3) is 0.485. The van der Waals surface area contributed by atoms with Gasteiger partial charge in [-0.15, -0.1) is 11.3 Å². The highest BCUT2D eigenvalue weighted by Crippen LogP contribution is 2.46. The fourth-order valence-corrected chi connectivity index (χ4v) is 7.95. The van der Waals surface area contributed by atoms with Crippen LogP contribution in [0.3, 0.4) is 0 Å². The van der Waals surface area contributed by atoms with Gasteiger partial charge in [0.05, 0.1) is 41.9 Å². The number of anilines is 2. The Labute approximate surface area is 287 Å². The molecule has 2 fully saturated rings. The fourth-order valence-electron chi connectivity index (χ4n) is 6.92. The van der Waals surface area contributed by atoms with E-state index in [4.69, 9.17) is 9.47 Å². The van der Waals surface area contributed by atoms with Gasteiger partial charge < -0.3 is 14.4 Å². The number of pyridine rings is 1. The first-order chi connectivity index (χ1) is 23.7. The number of nitrogens with zero attached hydrogens (tertiary/aromatic N) is 7. The largest absolute Gasteiger partial charge is 0.444 e. The minimum atomic E-state index is -4.23. The number of hydrogen-bond donors (Lipinski definition) is 1. The smallest absolute Gasteiger partial charge is 0.412 e. The maximum Gasteiger partial charge on any atom is 0.412 e. The van der Waals surface area contributed by atoms with Gasteiger partial charge >= 0.3 is 12.3 Å². The number of hydrogen-bond acceptors (Lipinski definition) is 11. The van der Waals surface area contributed by atoms with Gasteiger partial charge in [0.15, 0.2) is 11.6 Å². The Hall–Kier alpha value is -4.24. The standard InChI is InChI=1S/C33H33F5N8O3S/c1-32(2,3)49-31(47)43-29-18(10-39)24-27(40-12-22(34)28(24)50-29)23-21-15-48-14-20(21)19-11-41-30(42-26(19)25(23)35)46-5-4-17(13-46)45-8-6-44(7-9-45)16-33(36,37)38/h11-12,17H,4-9,13-16H2,1-3H3,(H,43,47)/t17-/m1/s1. The predicted molar refractivity (Wildman–Crippen MR) is 176 cm³/mol. The van der Waals surface area contributed by atoms with Gasteiger partial charge in [-0.2, -0.15) is 18.4 Å². The van der Waals surface area contributed by atoms with E-state index in [1.807, 2.05) is 11.0 Å². The molecule has 50 heavy (non-hydrogen) atoms. The molecule has 7 rings (SSSR count). The van der Waals surface area contributed by atoms with E-state index >= 15 is 8.78 Å². The summed E-state index contributed by atoms with van der Waals surface area (Å²) in [5.74, 6) is -1.18. The van der Waals surface area contributed by atoms with Crippen LogP contribution in [0, 0.1) is 23.0 Å². The van der Waals surface area contributed by atoms with Crippen molar-refractivity contribution in [1.29, 1.82) is 5.26 Å². The Balaban J connectivity index is 1.23.